The van der Waals surface area contributed by atoms with Crippen molar-refractivity contribution in [3.63, 3.8) is 0 Å². The maximum Gasteiger partial charge on any atom is 0.311 e. The molecule has 2 aromatic rings. The Kier molecular flexibility index (Phi) is 5.70. The van der Waals surface area contributed by atoms with Crippen LogP contribution in [0.5, 0.6) is 5.75 Å². The first-order chi connectivity index (χ1) is 11.0. The molecule has 0 saturated heterocycles. The molecule has 1 aromatic carbocycles. The van der Waals surface area contributed by atoms with Crippen molar-refractivity contribution in [2.45, 2.75) is 20.3 Å². The van der Waals surface area contributed by atoms with Crippen LogP contribution in [-0.4, -0.2) is 30.6 Å². The first-order valence-corrected chi connectivity index (χ1v) is 7.87. The minimum Gasteiger partial charge on any atom is -0.483 e. The highest BCUT2D eigenvalue weighted by molar-refractivity contribution is 7.13. The average molecular weight is 334 g/mol. The summed E-state index contributed by atoms with van der Waals surface area (Å²) in [4.78, 5) is 27.2. The molecular weight excluding hydrogens is 316 g/mol. The van der Waals surface area contributed by atoms with Crippen LogP contribution in [0, 0.1) is 13.8 Å². The van der Waals surface area contributed by atoms with Crippen LogP contribution in [0.3, 0.4) is 0 Å². The number of benzene rings is 1. The first-order valence-electron chi connectivity index (χ1n) is 6.99. The number of aryl methyl sites for hydroxylation is 2. The molecule has 0 bridgehead atoms. The third kappa shape index (κ3) is 5.07. The molecule has 0 atom stereocenters. The van der Waals surface area contributed by atoms with Crippen LogP contribution >= 0.6 is 11.3 Å². The summed E-state index contributed by atoms with van der Waals surface area (Å²) in [6.45, 7) is 3.83. The Hall–Kier alpha value is -2.41. The number of aromatic nitrogens is 1. The van der Waals surface area contributed by atoms with Crippen molar-refractivity contribution in [3.05, 3.63) is 40.4 Å². The topological polar surface area (TPSA) is 77.5 Å². The van der Waals surface area contributed by atoms with E-state index in [1.807, 2.05) is 32.0 Å². The van der Waals surface area contributed by atoms with Crippen LogP contribution in [0.4, 0.5) is 5.13 Å². The molecule has 1 aromatic heterocycles. The molecule has 1 N–H and O–H groups in total. The lowest BCUT2D eigenvalue weighted by Crippen LogP contribution is -2.20. The summed E-state index contributed by atoms with van der Waals surface area (Å²) >= 11 is 1.25. The van der Waals surface area contributed by atoms with Gasteiger partial charge in [-0.2, -0.15) is 0 Å². The van der Waals surface area contributed by atoms with Crippen molar-refractivity contribution >= 4 is 28.3 Å². The van der Waals surface area contributed by atoms with Gasteiger partial charge in [-0.25, -0.2) is 4.98 Å². The van der Waals surface area contributed by atoms with E-state index in [1.165, 1.54) is 18.4 Å². The van der Waals surface area contributed by atoms with Gasteiger partial charge in [0.05, 0.1) is 19.2 Å². The molecule has 0 fully saturated rings. The Morgan fingerprint density at radius 2 is 2.09 bits per heavy atom. The number of hydrogen-bond donors (Lipinski definition) is 1. The van der Waals surface area contributed by atoms with Crippen LogP contribution in [0.25, 0.3) is 0 Å². The van der Waals surface area contributed by atoms with Crippen LogP contribution in [0.2, 0.25) is 0 Å². The smallest absolute Gasteiger partial charge is 0.311 e. The molecule has 1 amide bonds. The predicted molar refractivity (Wildman–Crippen MR) is 87.9 cm³/mol. The number of anilines is 1. The van der Waals surface area contributed by atoms with Gasteiger partial charge < -0.3 is 9.47 Å². The van der Waals surface area contributed by atoms with Gasteiger partial charge in [0.1, 0.15) is 5.75 Å². The van der Waals surface area contributed by atoms with Crippen molar-refractivity contribution in [2.24, 2.45) is 0 Å². The number of esters is 1. The fourth-order valence-electron chi connectivity index (χ4n) is 1.93. The van der Waals surface area contributed by atoms with E-state index in [9.17, 15) is 9.59 Å². The molecule has 23 heavy (non-hydrogen) atoms. The summed E-state index contributed by atoms with van der Waals surface area (Å²) in [6.07, 6.45) is 0.0852. The molecule has 6 nitrogen and oxygen atoms in total. The molecule has 0 spiro atoms. The van der Waals surface area contributed by atoms with Crippen molar-refractivity contribution in [2.75, 3.05) is 19.0 Å². The lowest BCUT2D eigenvalue weighted by Gasteiger charge is -2.09. The predicted octanol–water partition coefficient (Wildman–Crippen LogP) is 2.49. The number of methoxy groups -OCH3 is 1. The van der Waals surface area contributed by atoms with Crippen molar-refractivity contribution < 1.29 is 19.1 Å². The minimum atomic E-state index is -0.369. The lowest BCUT2D eigenvalue weighted by molar-refractivity contribution is -0.139. The maximum absolute atomic E-state index is 11.9. The number of ether oxygens (including phenoxy) is 2. The highest BCUT2D eigenvalue weighted by Gasteiger charge is 2.11. The van der Waals surface area contributed by atoms with Crippen LogP contribution in [0.1, 0.15) is 16.8 Å². The van der Waals surface area contributed by atoms with Gasteiger partial charge in [0, 0.05) is 5.38 Å². The number of rotatable bonds is 6. The van der Waals surface area contributed by atoms with Crippen LogP contribution in [0.15, 0.2) is 23.6 Å². The normalized spacial score (nSPS) is 10.2. The fraction of sp³-hybridized carbons (Fsp3) is 0.312. The van der Waals surface area contributed by atoms with Gasteiger partial charge in [-0.05, 0) is 25.5 Å². The zero-order valence-corrected chi connectivity index (χ0v) is 14.0. The summed E-state index contributed by atoms with van der Waals surface area (Å²) in [5.74, 6) is 0.00608. The van der Waals surface area contributed by atoms with E-state index in [2.05, 4.69) is 15.0 Å². The highest BCUT2D eigenvalue weighted by atomic mass is 32.1. The Balaban J connectivity index is 1.86. The Labute approximate surface area is 138 Å². The van der Waals surface area contributed by atoms with Crippen molar-refractivity contribution in [1.29, 1.82) is 0 Å². The Morgan fingerprint density at radius 1 is 1.30 bits per heavy atom. The molecule has 0 aliphatic heterocycles. The third-order valence-corrected chi connectivity index (χ3v) is 3.85. The molecule has 7 heteroatoms. The van der Waals surface area contributed by atoms with Crippen molar-refractivity contribution in [3.8, 4) is 5.75 Å². The third-order valence-electron chi connectivity index (χ3n) is 3.04. The van der Waals surface area contributed by atoms with E-state index in [-0.39, 0.29) is 24.9 Å². The number of nitrogens with zero attached hydrogens (tertiary/aromatic N) is 1. The fourth-order valence-corrected chi connectivity index (χ4v) is 2.65. The molecule has 0 saturated carbocycles. The Morgan fingerprint density at radius 3 is 2.78 bits per heavy atom. The van der Waals surface area contributed by atoms with Gasteiger partial charge in [-0.15, -0.1) is 11.3 Å². The molecule has 2 rings (SSSR count). The lowest BCUT2D eigenvalue weighted by atomic mass is 10.1. The quantitative estimate of drug-likeness (QED) is 0.821. The molecule has 0 radical (unpaired) electrons. The molecule has 1 heterocycles. The summed E-state index contributed by atoms with van der Waals surface area (Å²) < 4.78 is 10.1. The average Bonchev–Trinajstić information content (AvgIpc) is 2.93. The van der Waals surface area contributed by atoms with Gasteiger partial charge in [0.15, 0.2) is 11.7 Å². The van der Waals surface area contributed by atoms with Gasteiger partial charge in [0.25, 0.3) is 5.91 Å². The van der Waals surface area contributed by atoms with Crippen molar-refractivity contribution in [1.82, 2.24) is 4.98 Å². The largest absolute Gasteiger partial charge is 0.483 e. The number of thiazole rings is 1. The molecule has 0 aliphatic rings. The highest BCUT2D eigenvalue weighted by Crippen LogP contribution is 2.19. The van der Waals surface area contributed by atoms with E-state index in [1.54, 1.807) is 5.38 Å². The van der Waals surface area contributed by atoms with Crippen LogP contribution in [-0.2, 0) is 20.7 Å². The van der Waals surface area contributed by atoms with Gasteiger partial charge in [-0.1, -0.05) is 17.7 Å². The number of nitrogens with one attached hydrogen (secondary N) is 1. The maximum atomic E-state index is 11.9. The van der Waals surface area contributed by atoms with E-state index in [4.69, 9.17) is 4.74 Å². The van der Waals surface area contributed by atoms with Gasteiger partial charge in [0.2, 0.25) is 0 Å². The Bertz CT molecular complexity index is 712. The monoisotopic (exact) mass is 334 g/mol. The molecule has 0 unspecified atom stereocenters. The van der Waals surface area contributed by atoms with E-state index in [0.717, 1.165) is 11.1 Å². The molecular formula is C16H18N2O4S. The van der Waals surface area contributed by atoms with E-state index >= 15 is 0 Å². The molecule has 0 aliphatic carbocycles. The standard InChI is InChI=1S/C16H18N2O4S/c1-10-4-5-13(11(2)6-10)22-8-14(19)18-16-17-12(9-23-16)7-15(20)21-3/h4-6,9H,7-8H2,1-3H3,(H,17,18,19). The summed E-state index contributed by atoms with van der Waals surface area (Å²) in [5, 5.41) is 4.78. The van der Waals surface area contributed by atoms with E-state index < -0.39 is 0 Å². The summed E-state index contributed by atoms with van der Waals surface area (Å²) in [6, 6.07) is 5.77. The summed E-state index contributed by atoms with van der Waals surface area (Å²) in [5.41, 5.74) is 2.68. The second-order valence-corrected chi connectivity index (χ2v) is 5.86. The number of carbonyl (C=O) groups excluding carboxylic acids is 2. The van der Waals surface area contributed by atoms with Gasteiger partial charge in [-0.3, -0.25) is 14.9 Å². The summed E-state index contributed by atoms with van der Waals surface area (Å²) in [7, 11) is 1.32. The number of carbonyl (C=O) groups is 2. The second kappa shape index (κ2) is 7.73. The number of amides is 1. The molecule has 122 valence electrons. The van der Waals surface area contributed by atoms with Gasteiger partial charge >= 0.3 is 5.97 Å². The van der Waals surface area contributed by atoms with Crippen LogP contribution < -0.4 is 10.1 Å². The second-order valence-electron chi connectivity index (χ2n) is 5.00. The first kappa shape index (κ1) is 17.0. The zero-order chi connectivity index (χ0) is 16.8. The minimum absolute atomic E-state index is 0.0852. The number of hydrogen-bond acceptors (Lipinski definition) is 6. The van der Waals surface area contributed by atoms with E-state index in [0.29, 0.717) is 16.6 Å². The SMILES string of the molecule is COC(=O)Cc1csc(NC(=O)COc2ccc(C)cc2C)n1. The zero-order valence-electron chi connectivity index (χ0n) is 13.2.